The predicted molar refractivity (Wildman–Crippen MR) is 62.5 cm³/mol. The van der Waals surface area contributed by atoms with Crippen molar-refractivity contribution in [2.24, 2.45) is 0 Å². The van der Waals surface area contributed by atoms with Gasteiger partial charge in [0, 0.05) is 25.6 Å². The molecular weight excluding hydrogens is 261 g/mol. The molecule has 0 bridgehead atoms. The Morgan fingerprint density at radius 3 is 2.37 bits per heavy atom. The molecular formula is C12H13F3N2O2. The van der Waals surface area contributed by atoms with E-state index < -0.39 is 17.6 Å². The number of halogens is 3. The molecule has 1 aromatic rings. The van der Waals surface area contributed by atoms with Gasteiger partial charge in [-0.2, -0.15) is 13.2 Å². The topological polar surface area (TPSA) is 58.2 Å². The van der Waals surface area contributed by atoms with Crippen LogP contribution in [0.4, 0.5) is 13.2 Å². The zero-order valence-corrected chi connectivity index (χ0v) is 10.2. The van der Waals surface area contributed by atoms with Gasteiger partial charge in [0.25, 0.3) is 5.91 Å². The fourth-order valence-electron chi connectivity index (χ4n) is 1.35. The Balaban J connectivity index is 2.60. The molecule has 0 fully saturated rings. The second-order valence-corrected chi connectivity index (χ2v) is 3.82. The summed E-state index contributed by atoms with van der Waals surface area (Å²) < 4.78 is 37.3. The number of rotatable bonds is 4. The Kier molecular flexibility index (Phi) is 4.91. The second-order valence-electron chi connectivity index (χ2n) is 3.82. The average Bonchev–Trinajstić information content (AvgIpc) is 2.33. The number of carbonyl (C=O) groups excluding carboxylic acids is 2. The van der Waals surface area contributed by atoms with Gasteiger partial charge < -0.3 is 10.6 Å². The van der Waals surface area contributed by atoms with Crippen molar-refractivity contribution in [3.05, 3.63) is 35.4 Å². The lowest BCUT2D eigenvalue weighted by molar-refractivity contribution is -0.137. The zero-order chi connectivity index (χ0) is 14.5. The molecule has 104 valence electrons. The highest BCUT2D eigenvalue weighted by atomic mass is 19.4. The predicted octanol–water partition coefficient (Wildman–Crippen LogP) is 1.57. The third kappa shape index (κ3) is 4.99. The molecule has 0 aromatic heterocycles. The highest BCUT2D eigenvalue weighted by molar-refractivity contribution is 5.94. The van der Waals surface area contributed by atoms with E-state index in [0.29, 0.717) is 0 Å². The molecule has 0 aliphatic heterocycles. The molecule has 4 nitrogen and oxygen atoms in total. The number of alkyl halides is 3. The van der Waals surface area contributed by atoms with Gasteiger partial charge in [-0.05, 0) is 18.2 Å². The highest BCUT2D eigenvalue weighted by Gasteiger charge is 2.30. The molecule has 1 aromatic carbocycles. The lowest BCUT2D eigenvalue weighted by atomic mass is 10.1. The van der Waals surface area contributed by atoms with Crippen LogP contribution in [0, 0.1) is 0 Å². The molecule has 0 aliphatic carbocycles. The first-order chi connectivity index (χ1) is 8.80. The molecule has 0 aliphatic rings. The third-order valence-electron chi connectivity index (χ3n) is 2.24. The summed E-state index contributed by atoms with van der Waals surface area (Å²) in [6, 6.07) is 4.15. The standard InChI is InChI=1S/C12H13F3N2O2/c1-8(18)16-5-6-17-11(19)9-3-2-4-10(7-9)12(13,14)15/h2-4,7H,5-6H2,1H3,(H,16,18)(H,17,19). The van der Waals surface area contributed by atoms with E-state index in [1.165, 1.54) is 19.1 Å². The first-order valence-electron chi connectivity index (χ1n) is 5.50. The summed E-state index contributed by atoms with van der Waals surface area (Å²) in [5.41, 5.74) is -0.945. The molecule has 0 saturated heterocycles. The van der Waals surface area contributed by atoms with Crippen molar-refractivity contribution in [1.29, 1.82) is 0 Å². The summed E-state index contributed by atoms with van der Waals surface area (Å²) in [6.07, 6.45) is -4.48. The number of benzene rings is 1. The summed E-state index contributed by atoms with van der Waals surface area (Å²) in [7, 11) is 0. The van der Waals surface area contributed by atoms with Gasteiger partial charge in [0.2, 0.25) is 5.91 Å². The highest BCUT2D eigenvalue weighted by Crippen LogP contribution is 2.29. The Bertz CT molecular complexity index is 472. The zero-order valence-electron chi connectivity index (χ0n) is 10.2. The average molecular weight is 274 g/mol. The van der Waals surface area contributed by atoms with Crippen LogP contribution < -0.4 is 10.6 Å². The maximum absolute atomic E-state index is 12.4. The summed E-state index contributed by atoms with van der Waals surface area (Å²) >= 11 is 0. The third-order valence-corrected chi connectivity index (χ3v) is 2.24. The first kappa shape index (κ1) is 15.0. The van der Waals surface area contributed by atoms with Crippen molar-refractivity contribution < 1.29 is 22.8 Å². The number of amides is 2. The van der Waals surface area contributed by atoms with Crippen LogP contribution in [0.1, 0.15) is 22.8 Å². The van der Waals surface area contributed by atoms with Gasteiger partial charge in [-0.15, -0.1) is 0 Å². The van der Waals surface area contributed by atoms with Gasteiger partial charge >= 0.3 is 6.18 Å². The molecule has 2 amide bonds. The number of carbonyl (C=O) groups is 2. The van der Waals surface area contributed by atoms with Crippen LogP contribution in [0.15, 0.2) is 24.3 Å². The number of hydrogen-bond donors (Lipinski definition) is 2. The van der Waals surface area contributed by atoms with Crippen molar-refractivity contribution in [2.45, 2.75) is 13.1 Å². The van der Waals surface area contributed by atoms with Gasteiger partial charge in [-0.25, -0.2) is 0 Å². The van der Waals surface area contributed by atoms with E-state index in [4.69, 9.17) is 0 Å². The summed E-state index contributed by atoms with van der Waals surface area (Å²) in [4.78, 5) is 22.1. The largest absolute Gasteiger partial charge is 0.416 e. The van der Waals surface area contributed by atoms with Crippen molar-refractivity contribution >= 4 is 11.8 Å². The maximum atomic E-state index is 12.4. The van der Waals surface area contributed by atoms with Crippen LogP contribution >= 0.6 is 0 Å². The lowest BCUT2D eigenvalue weighted by Gasteiger charge is -2.09. The molecule has 19 heavy (non-hydrogen) atoms. The minimum Gasteiger partial charge on any atom is -0.355 e. The van der Waals surface area contributed by atoms with Crippen LogP contribution in [0.25, 0.3) is 0 Å². The molecule has 2 N–H and O–H groups in total. The van der Waals surface area contributed by atoms with E-state index >= 15 is 0 Å². The molecule has 0 unspecified atom stereocenters. The molecule has 1 rings (SSSR count). The monoisotopic (exact) mass is 274 g/mol. The minimum atomic E-state index is -4.48. The molecule has 7 heteroatoms. The smallest absolute Gasteiger partial charge is 0.355 e. The number of hydrogen-bond acceptors (Lipinski definition) is 2. The van der Waals surface area contributed by atoms with E-state index in [0.717, 1.165) is 12.1 Å². The fourth-order valence-corrected chi connectivity index (χ4v) is 1.35. The SMILES string of the molecule is CC(=O)NCCNC(=O)c1cccc(C(F)(F)F)c1. The molecule has 0 heterocycles. The minimum absolute atomic E-state index is 0.0716. The molecule has 0 spiro atoms. The Labute approximate surface area is 108 Å². The Morgan fingerprint density at radius 1 is 1.16 bits per heavy atom. The van der Waals surface area contributed by atoms with Gasteiger partial charge in [0.05, 0.1) is 5.56 Å². The van der Waals surface area contributed by atoms with Crippen molar-refractivity contribution in [2.75, 3.05) is 13.1 Å². The van der Waals surface area contributed by atoms with Crippen molar-refractivity contribution in [1.82, 2.24) is 10.6 Å². The maximum Gasteiger partial charge on any atom is 0.416 e. The summed E-state index contributed by atoms with van der Waals surface area (Å²) in [6.45, 7) is 1.70. The van der Waals surface area contributed by atoms with E-state index in [1.54, 1.807) is 0 Å². The lowest BCUT2D eigenvalue weighted by Crippen LogP contribution is -2.33. The normalized spacial score (nSPS) is 10.9. The summed E-state index contributed by atoms with van der Waals surface area (Å²) in [5, 5.41) is 4.87. The van der Waals surface area contributed by atoms with E-state index in [2.05, 4.69) is 10.6 Å². The molecule has 0 atom stereocenters. The van der Waals surface area contributed by atoms with Gasteiger partial charge in [0.15, 0.2) is 0 Å². The number of nitrogens with one attached hydrogen (secondary N) is 2. The fraction of sp³-hybridized carbons (Fsp3) is 0.333. The summed E-state index contributed by atoms with van der Waals surface area (Å²) in [5.74, 6) is -0.857. The van der Waals surface area contributed by atoms with E-state index in [9.17, 15) is 22.8 Å². The van der Waals surface area contributed by atoms with Crippen LogP contribution in [0.2, 0.25) is 0 Å². The van der Waals surface area contributed by atoms with Crippen LogP contribution in [0.5, 0.6) is 0 Å². The quantitative estimate of drug-likeness (QED) is 0.819. The Morgan fingerprint density at radius 2 is 1.79 bits per heavy atom. The van der Waals surface area contributed by atoms with Crippen LogP contribution in [0.3, 0.4) is 0 Å². The van der Waals surface area contributed by atoms with Crippen molar-refractivity contribution in [3.63, 3.8) is 0 Å². The first-order valence-corrected chi connectivity index (χ1v) is 5.50. The van der Waals surface area contributed by atoms with Gasteiger partial charge in [-0.1, -0.05) is 6.07 Å². The van der Waals surface area contributed by atoms with Gasteiger partial charge in [0.1, 0.15) is 0 Å². The van der Waals surface area contributed by atoms with Gasteiger partial charge in [-0.3, -0.25) is 9.59 Å². The molecule has 0 saturated carbocycles. The van der Waals surface area contributed by atoms with E-state index in [1.807, 2.05) is 0 Å². The van der Waals surface area contributed by atoms with Crippen LogP contribution in [-0.2, 0) is 11.0 Å². The second kappa shape index (κ2) is 6.21. The van der Waals surface area contributed by atoms with Crippen molar-refractivity contribution in [3.8, 4) is 0 Å². The van der Waals surface area contributed by atoms with Crippen LogP contribution in [-0.4, -0.2) is 24.9 Å². The molecule has 0 radical (unpaired) electrons. The Hall–Kier alpha value is -2.05. The van der Waals surface area contributed by atoms with E-state index in [-0.39, 0.29) is 24.6 Å².